The molecule has 0 bridgehead atoms. The summed E-state index contributed by atoms with van der Waals surface area (Å²) in [7, 11) is 3.18. The molecule has 4 saturated carbocycles. The standard InChI is InChI=1S/C24H32N2O6S.C24H33NO5S/c1-23(2,33-26-29)13-22(27)31-20-11-14-5-6-16-15(17(14)12-19(20)30-4)9-10-24(3)18(16)7-8-21(24)32-25-28;1-23(2,31-25-28)13-22(27)30-20-11-14-5-6-16-15(17(14)12-19(20)29-4)9-10-24(3)18(16)7-8-21(24)26/h11-12,15-16,18,21H,5-10,13H2,1-4H3;11-12,15-16,18,21,26H,5-10,13H2,1-4H3/t2*15-,16+,18-,21-,24-/m00/s1. The largest absolute Gasteiger partial charge is 0.493 e. The SMILES string of the molecule is COc1cc2c(cc1OC(=O)CC(C)(C)SN=O)CC[C@@H]1[C@@H]2CC[C@]2(C)[C@@H](O)CC[C@@H]12.COc1cc2c(cc1OC(=O)CC(C)(C)SN=O)CC[C@@H]1[C@@H]2CC[C@]2(C)[C@@H](ON=O)CC[C@@H]12. The van der Waals surface area contributed by atoms with E-state index in [9.17, 15) is 29.4 Å². The lowest BCUT2D eigenvalue weighted by Crippen LogP contribution is -2.44. The van der Waals surface area contributed by atoms with Gasteiger partial charge in [-0.1, -0.05) is 13.8 Å². The minimum absolute atomic E-state index is 0.00662. The van der Waals surface area contributed by atoms with Gasteiger partial charge in [0.05, 0.1) is 33.2 Å². The Morgan fingerprint density at radius 2 is 1.11 bits per heavy atom. The minimum atomic E-state index is -0.634. The lowest BCUT2D eigenvalue weighted by atomic mass is 9.55. The molecular formula is C48H65N3O11S2. The fourth-order valence-corrected chi connectivity index (χ4v) is 13.8. The van der Waals surface area contributed by atoms with E-state index in [0.29, 0.717) is 58.5 Å². The zero-order valence-corrected chi connectivity index (χ0v) is 40.1. The number of methoxy groups -OCH3 is 2. The van der Waals surface area contributed by atoms with Crippen LogP contribution in [0.15, 0.2) is 38.8 Å². The number of hydrogen-bond acceptors (Lipinski definition) is 16. The Labute approximate surface area is 385 Å². The Morgan fingerprint density at radius 1 is 0.656 bits per heavy atom. The number of nitroso groups, excluding NO2 is 2. The predicted molar refractivity (Wildman–Crippen MR) is 247 cm³/mol. The van der Waals surface area contributed by atoms with Gasteiger partial charge in [-0.3, -0.25) is 9.59 Å². The van der Waals surface area contributed by atoms with Gasteiger partial charge in [-0.2, -0.15) is 0 Å². The molecule has 6 aliphatic carbocycles. The number of esters is 2. The van der Waals surface area contributed by atoms with Crippen LogP contribution >= 0.6 is 23.9 Å². The topological polar surface area (TPSA) is 189 Å². The Hall–Kier alpha value is -3.76. The second-order valence-corrected chi connectivity index (χ2v) is 23.7. The van der Waals surface area contributed by atoms with Crippen LogP contribution in [0.5, 0.6) is 23.0 Å². The zero-order chi connectivity index (χ0) is 46.2. The van der Waals surface area contributed by atoms with Gasteiger partial charge in [0, 0.05) is 48.0 Å². The first-order valence-corrected chi connectivity index (χ1v) is 24.5. The summed E-state index contributed by atoms with van der Waals surface area (Å²) in [4.78, 5) is 62.2. The predicted octanol–water partition coefficient (Wildman–Crippen LogP) is 11.5. The van der Waals surface area contributed by atoms with Gasteiger partial charge in [-0.05, 0) is 192 Å². The average Bonchev–Trinajstić information content (AvgIpc) is 3.74. The lowest BCUT2D eigenvalue weighted by molar-refractivity contribution is -0.135. The molecule has 4 fully saturated rings. The second kappa shape index (κ2) is 19.2. The Morgan fingerprint density at radius 3 is 1.56 bits per heavy atom. The van der Waals surface area contributed by atoms with Crippen LogP contribution in [-0.4, -0.2) is 53.0 Å². The van der Waals surface area contributed by atoms with Crippen LogP contribution < -0.4 is 18.9 Å². The van der Waals surface area contributed by atoms with E-state index in [1.807, 2.05) is 18.2 Å². The van der Waals surface area contributed by atoms with Crippen molar-refractivity contribution in [2.75, 3.05) is 14.2 Å². The summed E-state index contributed by atoms with van der Waals surface area (Å²) in [6.45, 7) is 11.7. The van der Waals surface area contributed by atoms with Crippen LogP contribution in [0.25, 0.3) is 0 Å². The maximum Gasteiger partial charge on any atom is 0.312 e. The van der Waals surface area contributed by atoms with Gasteiger partial charge in [0.15, 0.2) is 28.3 Å². The van der Waals surface area contributed by atoms with Crippen molar-refractivity contribution in [1.29, 1.82) is 0 Å². The van der Waals surface area contributed by atoms with Gasteiger partial charge in [0.1, 0.15) is 6.10 Å². The highest BCUT2D eigenvalue weighted by molar-refractivity contribution is 7.99. The third-order valence-electron chi connectivity index (χ3n) is 16.2. The summed E-state index contributed by atoms with van der Waals surface area (Å²) >= 11 is 1.68. The molecule has 0 aromatic heterocycles. The number of aryl methyl sites for hydroxylation is 2. The van der Waals surface area contributed by atoms with Crippen molar-refractivity contribution >= 4 is 35.8 Å². The monoisotopic (exact) mass is 923 g/mol. The van der Waals surface area contributed by atoms with Crippen LogP contribution in [0.2, 0.25) is 0 Å². The number of ether oxygens (including phenoxy) is 4. The number of hydrogen-bond donors (Lipinski definition) is 1. The quantitative estimate of drug-likeness (QED) is 0.0620. The highest BCUT2D eigenvalue weighted by Crippen LogP contribution is 2.63. The van der Waals surface area contributed by atoms with Gasteiger partial charge in [0.2, 0.25) is 0 Å². The first-order valence-electron chi connectivity index (χ1n) is 22.9. The number of nitrogens with zero attached hydrogens (tertiary/aromatic N) is 3. The fraction of sp³-hybridized carbons (Fsp3) is 0.708. The van der Waals surface area contributed by atoms with E-state index in [2.05, 4.69) is 34.4 Å². The van der Waals surface area contributed by atoms with E-state index in [-0.39, 0.29) is 35.9 Å². The molecule has 2 aromatic rings. The molecule has 0 radical (unpaired) electrons. The zero-order valence-electron chi connectivity index (χ0n) is 38.5. The molecule has 350 valence electrons. The number of fused-ring (bicyclic) bond motifs is 10. The van der Waals surface area contributed by atoms with E-state index < -0.39 is 21.4 Å². The van der Waals surface area contributed by atoms with E-state index in [0.717, 1.165) is 101 Å². The molecule has 0 amide bonds. The van der Waals surface area contributed by atoms with E-state index in [4.69, 9.17) is 23.8 Å². The van der Waals surface area contributed by atoms with E-state index in [1.54, 1.807) is 41.9 Å². The fourth-order valence-electron chi connectivity index (χ4n) is 13.1. The maximum atomic E-state index is 12.5. The highest BCUT2D eigenvalue weighted by atomic mass is 32.2. The van der Waals surface area contributed by atoms with Gasteiger partial charge < -0.3 is 28.9 Å². The van der Waals surface area contributed by atoms with Crippen molar-refractivity contribution in [3.63, 3.8) is 0 Å². The van der Waals surface area contributed by atoms with Gasteiger partial charge in [0.25, 0.3) is 0 Å². The van der Waals surface area contributed by atoms with Crippen LogP contribution in [0.4, 0.5) is 0 Å². The van der Waals surface area contributed by atoms with Crippen molar-refractivity contribution in [3.8, 4) is 23.0 Å². The van der Waals surface area contributed by atoms with Gasteiger partial charge in [-0.25, -0.2) is 0 Å². The number of benzene rings is 2. The third-order valence-corrected chi connectivity index (χ3v) is 17.6. The molecule has 0 saturated heterocycles. The van der Waals surface area contributed by atoms with Crippen LogP contribution in [0.1, 0.15) is 153 Å². The summed E-state index contributed by atoms with van der Waals surface area (Å²) in [6.07, 6.45) is 12.0. The van der Waals surface area contributed by atoms with Crippen molar-refractivity contribution in [1.82, 2.24) is 0 Å². The third kappa shape index (κ3) is 9.57. The number of aliphatic hydroxyl groups is 1. The molecule has 0 unspecified atom stereocenters. The Balaban J connectivity index is 0.000000192. The summed E-state index contributed by atoms with van der Waals surface area (Å²) in [6, 6.07) is 8.03. The van der Waals surface area contributed by atoms with Crippen molar-refractivity contribution in [2.45, 2.75) is 165 Å². The highest BCUT2D eigenvalue weighted by Gasteiger charge is 2.57. The molecule has 10 atom stereocenters. The normalized spacial score (nSPS) is 31.1. The molecule has 16 heteroatoms. The van der Waals surface area contributed by atoms with Gasteiger partial charge in [-0.15, -0.1) is 14.7 Å². The summed E-state index contributed by atoms with van der Waals surface area (Å²) in [5.41, 5.74) is 5.08. The first-order chi connectivity index (χ1) is 30.4. The van der Waals surface area contributed by atoms with Crippen LogP contribution in [0.3, 0.4) is 0 Å². The molecule has 64 heavy (non-hydrogen) atoms. The van der Waals surface area contributed by atoms with Crippen molar-refractivity contribution in [3.05, 3.63) is 61.2 Å². The summed E-state index contributed by atoms with van der Waals surface area (Å²) in [5, 5.41) is 13.3. The molecular weight excluding hydrogens is 859 g/mol. The second-order valence-electron chi connectivity index (χ2n) is 20.8. The van der Waals surface area contributed by atoms with Crippen LogP contribution in [0, 0.1) is 49.2 Å². The molecule has 2 aromatic carbocycles. The maximum absolute atomic E-state index is 12.5. The minimum Gasteiger partial charge on any atom is -0.493 e. The van der Waals surface area contributed by atoms with Crippen molar-refractivity contribution < 1.29 is 38.5 Å². The lowest BCUT2D eigenvalue weighted by Gasteiger charge is -2.50. The molecule has 0 aliphatic heterocycles. The number of carbonyl (C=O) groups excluding carboxylic acids is 2. The van der Waals surface area contributed by atoms with Gasteiger partial charge >= 0.3 is 11.9 Å². The van der Waals surface area contributed by atoms with Crippen LogP contribution in [-0.2, 0) is 27.3 Å². The summed E-state index contributed by atoms with van der Waals surface area (Å²) < 4.78 is 27.0. The smallest absolute Gasteiger partial charge is 0.312 e. The Kier molecular flexibility index (Phi) is 14.5. The Bertz CT molecular complexity index is 2100. The molecule has 0 spiro atoms. The van der Waals surface area contributed by atoms with Crippen molar-refractivity contribution in [2.24, 2.45) is 49.0 Å². The molecule has 1 N–H and O–H groups in total. The molecule has 8 rings (SSSR count). The number of carbonyl (C=O) groups is 2. The number of rotatable bonds is 14. The van der Waals surface area contributed by atoms with E-state index >= 15 is 0 Å². The number of aliphatic hydroxyl groups excluding tert-OH is 1. The molecule has 6 aliphatic rings. The molecule has 14 nitrogen and oxygen atoms in total. The first kappa shape index (κ1) is 48.2. The van der Waals surface area contributed by atoms with E-state index in [1.165, 1.54) is 22.3 Å². The molecule has 0 heterocycles. The average molecular weight is 924 g/mol. The summed E-state index contributed by atoms with van der Waals surface area (Å²) in [5.74, 6) is 4.27.